The van der Waals surface area contributed by atoms with Crippen LogP contribution >= 0.6 is 36.2 Å². The lowest BCUT2D eigenvalue weighted by Gasteiger charge is -2.19. The molecular formula is C10H19Cl2N3OS. The summed E-state index contributed by atoms with van der Waals surface area (Å²) in [7, 11) is 1.76. The Kier molecular flexibility index (Phi) is 9.71. The second-order valence-electron chi connectivity index (χ2n) is 3.57. The van der Waals surface area contributed by atoms with E-state index >= 15 is 0 Å². The van der Waals surface area contributed by atoms with Gasteiger partial charge in [-0.05, 0) is 13.3 Å². The molecule has 7 heteroatoms. The van der Waals surface area contributed by atoms with E-state index in [0.717, 1.165) is 10.7 Å². The Balaban J connectivity index is 0. The molecule has 0 aliphatic heterocycles. The number of amides is 1. The van der Waals surface area contributed by atoms with Crippen molar-refractivity contribution in [1.82, 2.24) is 9.88 Å². The van der Waals surface area contributed by atoms with Crippen LogP contribution < -0.4 is 5.73 Å². The molecule has 4 nitrogen and oxygen atoms in total. The molecule has 0 unspecified atom stereocenters. The van der Waals surface area contributed by atoms with E-state index in [1.165, 1.54) is 0 Å². The number of aromatic nitrogens is 1. The predicted octanol–water partition coefficient (Wildman–Crippen LogP) is 1.99. The number of halogens is 2. The predicted molar refractivity (Wildman–Crippen MR) is 76.1 cm³/mol. The van der Waals surface area contributed by atoms with Gasteiger partial charge in [-0.1, -0.05) is 6.92 Å². The fourth-order valence-electron chi connectivity index (χ4n) is 1.26. The van der Waals surface area contributed by atoms with Gasteiger partial charge in [0.15, 0.2) is 0 Å². The van der Waals surface area contributed by atoms with Gasteiger partial charge in [0, 0.05) is 12.4 Å². The van der Waals surface area contributed by atoms with Crippen molar-refractivity contribution in [2.75, 3.05) is 7.05 Å². The van der Waals surface area contributed by atoms with E-state index in [2.05, 4.69) is 4.98 Å². The van der Waals surface area contributed by atoms with Crippen LogP contribution in [0.15, 0.2) is 5.38 Å². The van der Waals surface area contributed by atoms with Gasteiger partial charge in [-0.2, -0.15) is 0 Å². The summed E-state index contributed by atoms with van der Waals surface area (Å²) in [6.45, 7) is 4.40. The van der Waals surface area contributed by atoms with E-state index < -0.39 is 6.04 Å². The zero-order valence-corrected chi connectivity index (χ0v) is 12.6. The molecular weight excluding hydrogens is 281 g/mol. The van der Waals surface area contributed by atoms with E-state index in [4.69, 9.17) is 5.73 Å². The number of likely N-dealkylation sites (N-methyl/N-ethyl adjacent to an activating group) is 1. The summed E-state index contributed by atoms with van der Waals surface area (Å²) in [6, 6.07) is -0.394. The Labute approximate surface area is 118 Å². The maximum absolute atomic E-state index is 11.7. The monoisotopic (exact) mass is 299 g/mol. The molecule has 1 rings (SSSR count). The minimum Gasteiger partial charge on any atom is -0.338 e. The summed E-state index contributed by atoms with van der Waals surface area (Å²) < 4.78 is 0. The van der Waals surface area contributed by atoms with Gasteiger partial charge < -0.3 is 10.6 Å². The molecule has 0 aliphatic rings. The first kappa shape index (κ1) is 19.0. The third kappa shape index (κ3) is 5.68. The van der Waals surface area contributed by atoms with Gasteiger partial charge in [-0.3, -0.25) is 4.79 Å². The first-order valence-electron chi connectivity index (χ1n) is 4.96. The number of thiazole rings is 1. The van der Waals surface area contributed by atoms with Crippen molar-refractivity contribution in [3.63, 3.8) is 0 Å². The Morgan fingerprint density at radius 3 is 2.59 bits per heavy atom. The SMILES string of the molecule is CC[C@H](N)C(=O)N(C)Cc1csc(C)n1.Cl.Cl. The number of carbonyl (C=O) groups excluding carboxylic acids is 1. The van der Waals surface area contributed by atoms with Crippen molar-refractivity contribution in [2.24, 2.45) is 5.73 Å². The van der Waals surface area contributed by atoms with Crippen LogP contribution in [0.4, 0.5) is 0 Å². The zero-order chi connectivity index (χ0) is 11.4. The molecule has 1 aromatic heterocycles. The van der Waals surface area contributed by atoms with Gasteiger partial charge in [-0.15, -0.1) is 36.2 Å². The fraction of sp³-hybridized carbons (Fsp3) is 0.600. The lowest BCUT2D eigenvalue weighted by Crippen LogP contribution is -2.40. The van der Waals surface area contributed by atoms with E-state index in [1.807, 2.05) is 19.2 Å². The molecule has 0 saturated carbocycles. The summed E-state index contributed by atoms with van der Waals surface area (Å²) in [5.41, 5.74) is 6.59. The molecule has 0 spiro atoms. The quantitative estimate of drug-likeness (QED) is 0.925. The average Bonchev–Trinajstić information content (AvgIpc) is 2.61. The van der Waals surface area contributed by atoms with Gasteiger partial charge in [0.25, 0.3) is 0 Å². The molecule has 100 valence electrons. The fourth-order valence-corrected chi connectivity index (χ4v) is 1.86. The molecule has 0 fully saturated rings. The Bertz CT molecular complexity index is 346. The van der Waals surface area contributed by atoms with Crippen LogP contribution in [0.5, 0.6) is 0 Å². The zero-order valence-electron chi connectivity index (χ0n) is 10.2. The van der Waals surface area contributed by atoms with Gasteiger partial charge in [0.1, 0.15) is 0 Å². The maximum Gasteiger partial charge on any atom is 0.239 e. The molecule has 17 heavy (non-hydrogen) atoms. The van der Waals surface area contributed by atoms with Gasteiger partial charge in [-0.25, -0.2) is 4.98 Å². The van der Waals surface area contributed by atoms with Crippen LogP contribution in [0.2, 0.25) is 0 Å². The van der Waals surface area contributed by atoms with Crippen molar-refractivity contribution in [2.45, 2.75) is 32.9 Å². The highest BCUT2D eigenvalue weighted by Gasteiger charge is 2.16. The first-order valence-corrected chi connectivity index (χ1v) is 5.84. The first-order chi connectivity index (χ1) is 7.04. The van der Waals surface area contributed by atoms with E-state index in [0.29, 0.717) is 13.0 Å². The van der Waals surface area contributed by atoms with Crippen molar-refractivity contribution in [1.29, 1.82) is 0 Å². The average molecular weight is 300 g/mol. The number of aryl methyl sites for hydroxylation is 1. The molecule has 1 aromatic rings. The molecule has 1 heterocycles. The van der Waals surface area contributed by atoms with Crippen LogP contribution in [0.3, 0.4) is 0 Å². The molecule has 0 radical (unpaired) electrons. The molecule has 0 saturated heterocycles. The topological polar surface area (TPSA) is 59.2 Å². The molecule has 0 bridgehead atoms. The normalized spacial score (nSPS) is 11.1. The smallest absolute Gasteiger partial charge is 0.239 e. The van der Waals surface area contributed by atoms with Gasteiger partial charge in [0.2, 0.25) is 5.91 Å². The second-order valence-corrected chi connectivity index (χ2v) is 4.63. The summed E-state index contributed by atoms with van der Waals surface area (Å²) in [5, 5.41) is 2.99. The van der Waals surface area contributed by atoms with Crippen LogP contribution in [-0.4, -0.2) is 28.9 Å². The largest absolute Gasteiger partial charge is 0.338 e. The number of hydrogen-bond acceptors (Lipinski definition) is 4. The van der Waals surface area contributed by atoms with Crippen LogP contribution in [0.1, 0.15) is 24.0 Å². The molecule has 1 atom stereocenters. The molecule has 0 aliphatic carbocycles. The Morgan fingerprint density at radius 2 is 2.18 bits per heavy atom. The van der Waals surface area contributed by atoms with Crippen LogP contribution in [0, 0.1) is 6.92 Å². The molecule has 0 aromatic carbocycles. The third-order valence-corrected chi connectivity index (χ3v) is 3.02. The minimum absolute atomic E-state index is 0. The van der Waals surface area contributed by atoms with Crippen molar-refractivity contribution < 1.29 is 4.79 Å². The number of carbonyl (C=O) groups is 1. The Morgan fingerprint density at radius 1 is 1.59 bits per heavy atom. The van der Waals surface area contributed by atoms with E-state index in [1.54, 1.807) is 23.3 Å². The highest BCUT2D eigenvalue weighted by Crippen LogP contribution is 2.10. The third-order valence-electron chi connectivity index (χ3n) is 2.20. The molecule has 2 N–H and O–H groups in total. The van der Waals surface area contributed by atoms with Gasteiger partial charge in [0.05, 0.1) is 23.3 Å². The van der Waals surface area contributed by atoms with E-state index in [-0.39, 0.29) is 30.7 Å². The summed E-state index contributed by atoms with van der Waals surface area (Å²) in [4.78, 5) is 17.6. The number of rotatable bonds is 4. The van der Waals surface area contributed by atoms with Crippen molar-refractivity contribution >= 4 is 42.1 Å². The molecule has 1 amide bonds. The second kappa shape index (κ2) is 8.69. The minimum atomic E-state index is -0.394. The highest BCUT2D eigenvalue weighted by molar-refractivity contribution is 7.09. The standard InChI is InChI=1S/C10H17N3OS.2ClH/c1-4-9(11)10(14)13(3)5-8-6-15-7(2)12-8;;/h6,9H,4-5,11H2,1-3H3;2*1H/t9-;;/m0../s1. The lowest BCUT2D eigenvalue weighted by molar-refractivity contribution is -0.131. The summed E-state index contributed by atoms with van der Waals surface area (Å²) >= 11 is 1.59. The summed E-state index contributed by atoms with van der Waals surface area (Å²) in [5.74, 6) is -0.0249. The maximum atomic E-state index is 11.7. The number of nitrogens with zero attached hydrogens (tertiary/aromatic N) is 2. The van der Waals surface area contributed by atoms with Crippen LogP contribution in [-0.2, 0) is 11.3 Å². The number of nitrogens with two attached hydrogens (primary N) is 1. The van der Waals surface area contributed by atoms with Crippen LogP contribution in [0.25, 0.3) is 0 Å². The lowest BCUT2D eigenvalue weighted by atomic mass is 10.2. The van der Waals surface area contributed by atoms with Crippen molar-refractivity contribution in [3.05, 3.63) is 16.1 Å². The number of hydrogen-bond donors (Lipinski definition) is 1. The van der Waals surface area contributed by atoms with Gasteiger partial charge >= 0.3 is 0 Å². The summed E-state index contributed by atoms with van der Waals surface area (Å²) in [6.07, 6.45) is 0.666. The van der Waals surface area contributed by atoms with Crippen molar-refractivity contribution in [3.8, 4) is 0 Å². The van der Waals surface area contributed by atoms with E-state index in [9.17, 15) is 4.79 Å². The Hall–Kier alpha value is -0.360. The highest BCUT2D eigenvalue weighted by atomic mass is 35.5.